The number of nitro groups is 1. The number of aromatic nitrogens is 2. The van der Waals surface area contributed by atoms with Crippen molar-refractivity contribution < 1.29 is 9.72 Å². The maximum Gasteiger partial charge on any atom is 0.294 e. The maximum atomic E-state index is 12.5. The van der Waals surface area contributed by atoms with Crippen LogP contribution >= 0.6 is 0 Å². The number of benzene rings is 1. The quantitative estimate of drug-likeness (QED) is 0.654. The van der Waals surface area contributed by atoms with E-state index < -0.39 is 4.92 Å². The fourth-order valence-corrected chi connectivity index (χ4v) is 2.87. The van der Waals surface area contributed by atoms with E-state index in [1.54, 1.807) is 29.1 Å². The fraction of sp³-hybridized carbons (Fsp3) is 0.375. The molecule has 8 heteroatoms. The molecule has 1 aromatic heterocycles. The van der Waals surface area contributed by atoms with Crippen LogP contribution in [-0.2, 0) is 0 Å². The molecule has 0 saturated carbocycles. The van der Waals surface area contributed by atoms with E-state index >= 15 is 0 Å². The summed E-state index contributed by atoms with van der Waals surface area (Å²) in [6, 6.07) is 4.50. The normalized spacial score (nSPS) is 20.5. The van der Waals surface area contributed by atoms with Gasteiger partial charge >= 0.3 is 0 Å². The lowest BCUT2D eigenvalue weighted by molar-refractivity contribution is -0.384. The molecule has 1 saturated heterocycles. The third-order valence-corrected chi connectivity index (χ3v) is 4.36. The van der Waals surface area contributed by atoms with Gasteiger partial charge in [-0.1, -0.05) is 6.92 Å². The van der Waals surface area contributed by atoms with Crippen molar-refractivity contribution in [3.63, 3.8) is 0 Å². The number of carbonyl (C=O) groups excluding carboxylic acids is 1. The number of amides is 1. The highest BCUT2D eigenvalue weighted by Crippen LogP contribution is 2.24. The predicted octanol–water partition coefficient (Wildman–Crippen LogP) is 1.51. The lowest BCUT2D eigenvalue weighted by Crippen LogP contribution is -2.50. The van der Waals surface area contributed by atoms with Gasteiger partial charge < -0.3 is 15.2 Å². The van der Waals surface area contributed by atoms with E-state index in [0.29, 0.717) is 18.2 Å². The minimum atomic E-state index is -0.489. The highest BCUT2D eigenvalue weighted by Gasteiger charge is 2.24. The summed E-state index contributed by atoms with van der Waals surface area (Å²) in [7, 11) is 0. The van der Waals surface area contributed by atoms with Crippen molar-refractivity contribution in [2.24, 2.45) is 5.92 Å². The van der Waals surface area contributed by atoms with Gasteiger partial charge in [0.1, 0.15) is 5.69 Å². The van der Waals surface area contributed by atoms with Crippen LogP contribution in [0, 0.1) is 16.0 Å². The number of nitrogens with zero attached hydrogens (tertiary/aromatic N) is 3. The van der Waals surface area contributed by atoms with Gasteiger partial charge in [-0.2, -0.15) is 0 Å². The molecule has 2 unspecified atom stereocenters. The second-order valence-electron chi connectivity index (χ2n) is 5.98. The molecule has 0 bridgehead atoms. The summed E-state index contributed by atoms with van der Waals surface area (Å²) >= 11 is 0. The van der Waals surface area contributed by atoms with Gasteiger partial charge in [0, 0.05) is 36.6 Å². The Bertz CT molecular complexity index is 744. The number of carbonyl (C=O) groups is 1. The Morgan fingerprint density at radius 2 is 2.33 bits per heavy atom. The molecule has 1 amide bonds. The first-order valence-electron chi connectivity index (χ1n) is 7.84. The van der Waals surface area contributed by atoms with Gasteiger partial charge in [0.05, 0.1) is 11.3 Å². The predicted molar refractivity (Wildman–Crippen MR) is 88.1 cm³/mol. The molecule has 1 aliphatic rings. The molecule has 2 N–H and O–H groups in total. The molecule has 0 radical (unpaired) electrons. The van der Waals surface area contributed by atoms with Crippen LogP contribution in [0.1, 0.15) is 23.7 Å². The van der Waals surface area contributed by atoms with E-state index in [2.05, 4.69) is 22.5 Å². The van der Waals surface area contributed by atoms with Crippen LogP contribution in [0.5, 0.6) is 0 Å². The van der Waals surface area contributed by atoms with Gasteiger partial charge in [-0.05, 0) is 31.0 Å². The van der Waals surface area contributed by atoms with Crippen LogP contribution in [0.2, 0.25) is 0 Å². The molecule has 1 aromatic carbocycles. The lowest BCUT2D eigenvalue weighted by atomic mass is 9.94. The molecule has 2 atom stereocenters. The molecule has 8 nitrogen and oxygen atoms in total. The zero-order chi connectivity index (χ0) is 17.1. The smallest absolute Gasteiger partial charge is 0.294 e. The zero-order valence-corrected chi connectivity index (χ0v) is 13.3. The van der Waals surface area contributed by atoms with Crippen molar-refractivity contribution in [1.82, 2.24) is 20.2 Å². The second-order valence-corrected chi connectivity index (χ2v) is 5.98. The number of piperidine rings is 1. The summed E-state index contributed by atoms with van der Waals surface area (Å²) in [5.41, 5.74) is 0.528. The molecule has 2 heterocycles. The minimum absolute atomic E-state index is 0.0265. The lowest BCUT2D eigenvalue weighted by Gasteiger charge is -2.30. The fourth-order valence-electron chi connectivity index (χ4n) is 2.87. The zero-order valence-electron chi connectivity index (χ0n) is 13.3. The number of hydrogen-bond donors (Lipinski definition) is 2. The Hall–Kier alpha value is -2.74. The van der Waals surface area contributed by atoms with Crippen LogP contribution in [0.4, 0.5) is 5.69 Å². The molecule has 0 spiro atoms. The van der Waals surface area contributed by atoms with Crippen LogP contribution in [0.25, 0.3) is 5.69 Å². The monoisotopic (exact) mass is 329 g/mol. The van der Waals surface area contributed by atoms with E-state index in [4.69, 9.17) is 0 Å². The van der Waals surface area contributed by atoms with E-state index in [0.717, 1.165) is 13.0 Å². The summed E-state index contributed by atoms with van der Waals surface area (Å²) in [5.74, 6) is 0.0752. The van der Waals surface area contributed by atoms with E-state index in [1.165, 1.54) is 12.4 Å². The van der Waals surface area contributed by atoms with E-state index in [9.17, 15) is 14.9 Å². The van der Waals surface area contributed by atoms with Crippen molar-refractivity contribution in [3.05, 3.63) is 52.6 Å². The van der Waals surface area contributed by atoms with Crippen LogP contribution in [0.15, 0.2) is 36.9 Å². The minimum Gasteiger partial charge on any atom is -0.348 e. The Kier molecular flexibility index (Phi) is 4.57. The molecular weight excluding hydrogens is 310 g/mol. The number of nitrogens with one attached hydrogen (secondary N) is 2. The van der Waals surface area contributed by atoms with Gasteiger partial charge in [0.2, 0.25) is 0 Å². The summed E-state index contributed by atoms with van der Waals surface area (Å²) in [5, 5.41) is 17.6. The Morgan fingerprint density at radius 1 is 1.50 bits per heavy atom. The summed E-state index contributed by atoms with van der Waals surface area (Å²) in [4.78, 5) is 27.2. The molecule has 0 aliphatic carbocycles. The Balaban J connectivity index is 1.84. The second kappa shape index (κ2) is 6.79. The summed E-state index contributed by atoms with van der Waals surface area (Å²) in [6.07, 6.45) is 5.64. The Morgan fingerprint density at radius 3 is 3.00 bits per heavy atom. The van der Waals surface area contributed by atoms with Crippen molar-refractivity contribution in [2.45, 2.75) is 19.4 Å². The molecule has 2 aromatic rings. The topological polar surface area (TPSA) is 102 Å². The number of hydrogen-bond acceptors (Lipinski definition) is 5. The highest BCUT2D eigenvalue weighted by atomic mass is 16.6. The third kappa shape index (κ3) is 3.28. The average Bonchev–Trinajstić information content (AvgIpc) is 3.10. The van der Waals surface area contributed by atoms with Crippen molar-refractivity contribution in [3.8, 4) is 5.69 Å². The first-order chi connectivity index (χ1) is 11.6. The average molecular weight is 329 g/mol. The Labute approximate surface area is 139 Å². The molecule has 3 rings (SSSR count). The molecule has 24 heavy (non-hydrogen) atoms. The first kappa shape index (κ1) is 16.1. The van der Waals surface area contributed by atoms with Crippen molar-refractivity contribution >= 4 is 11.6 Å². The molecule has 1 fully saturated rings. The van der Waals surface area contributed by atoms with Crippen LogP contribution in [-0.4, -0.2) is 39.5 Å². The number of rotatable bonds is 4. The summed E-state index contributed by atoms with van der Waals surface area (Å²) in [6.45, 7) is 3.75. The summed E-state index contributed by atoms with van der Waals surface area (Å²) < 4.78 is 1.55. The molecule has 1 aliphatic heterocycles. The van der Waals surface area contributed by atoms with Crippen molar-refractivity contribution in [1.29, 1.82) is 0 Å². The van der Waals surface area contributed by atoms with Gasteiger partial charge in [-0.25, -0.2) is 4.98 Å². The van der Waals surface area contributed by atoms with Gasteiger partial charge in [-0.15, -0.1) is 0 Å². The molecule has 126 valence electrons. The standard InChI is InChI=1S/C16H19N5O3/c1-11-4-5-17-9-13(11)19-16(22)12-2-3-14(15(8-12)21(23)24)20-7-6-18-10-20/h2-3,6-8,10-11,13,17H,4-5,9H2,1H3,(H,19,22). The van der Waals surface area contributed by atoms with Gasteiger partial charge in [-0.3, -0.25) is 14.9 Å². The highest BCUT2D eigenvalue weighted by molar-refractivity contribution is 5.95. The SMILES string of the molecule is CC1CCNCC1NC(=O)c1ccc(-n2ccnc2)c([N+](=O)[O-])c1. The van der Waals surface area contributed by atoms with Crippen LogP contribution in [0.3, 0.4) is 0 Å². The number of imidazole rings is 1. The molecular formula is C16H19N5O3. The van der Waals surface area contributed by atoms with Crippen molar-refractivity contribution in [2.75, 3.05) is 13.1 Å². The van der Waals surface area contributed by atoms with E-state index in [-0.39, 0.29) is 23.2 Å². The first-order valence-corrected chi connectivity index (χ1v) is 7.84. The van der Waals surface area contributed by atoms with E-state index in [1.807, 2.05) is 0 Å². The maximum absolute atomic E-state index is 12.5. The van der Waals surface area contributed by atoms with Gasteiger partial charge in [0.25, 0.3) is 11.6 Å². The third-order valence-electron chi connectivity index (χ3n) is 4.36. The van der Waals surface area contributed by atoms with Gasteiger partial charge in [0.15, 0.2) is 0 Å². The number of nitro benzene ring substituents is 1. The largest absolute Gasteiger partial charge is 0.348 e. The van der Waals surface area contributed by atoms with Crippen LogP contribution < -0.4 is 10.6 Å².